The molecule has 1 amide bonds. The summed E-state index contributed by atoms with van der Waals surface area (Å²) in [4.78, 5) is 33.4. The van der Waals surface area contributed by atoms with Crippen LogP contribution in [0.2, 0.25) is 0 Å². The fourth-order valence-corrected chi connectivity index (χ4v) is 3.03. The molecule has 0 N–H and O–H groups in total. The lowest BCUT2D eigenvalue weighted by molar-refractivity contribution is -0.385. The maximum absolute atomic E-state index is 13.0. The molecule has 29 heavy (non-hydrogen) atoms. The predicted molar refractivity (Wildman–Crippen MR) is 99.7 cm³/mol. The maximum atomic E-state index is 13.0. The largest absolute Gasteiger partial charge is 0.493 e. The smallest absolute Gasteiger partial charge is 0.286 e. The average molecular weight is 404 g/mol. The molecule has 1 atom stereocenters. The summed E-state index contributed by atoms with van der Waals surface area (Å²) in [6.45, 7) is 0.635. The molecule has 2 heterocycles. The Morgan fingerprint density at radius 3 is 2.48 bits per heavy atom. The lowest BCUT2D eigenvalue weighted by Gasteiger charge is -2.18. The van der Waals surface area contributed by atoms with Crippen molar-refractivity contribution in [1.29, 1.82) is 0 Å². The monoisotopic (exact) mass is 404 g/mol. The van der Waals surface area contributed by atoms with Crippen molar-refractivity contribution in [3.8, 4) is 23.3 Å². The van der Waals surface area contributed by atoms with E-state index in [1.165, 1.54) is 50.8 Å². The molecule has 1 aromatic heterocycles. The number of hydrogen-bond acceptors (Lipinski definition) is 9. The Kier molecular flexibility index (Phi) is 5.96. The van der Waals surface area contributed by atoms with Gasteiger partial charge in [-0.1, -0.05) is 0 Å². The van der Waals surface area contributed by atoms with Gasteiger partial charge in [0.1, 0.15) is 11.7 Å². The first-order chi connectivity index (χ1) is 14.0. The van der Waals surface area contributed by atoms with E-state index in [2.05, 4.69) is 9.97 Å². The molecule has 1 saturated heterocycles. The van der Waals surface area contributed by atoms with Crippen LogP contribution in [0.3, 0.4) is 0 Å². The molecule has 11 nitrogen and oxygen atoms in total. The number of hydrogen-bond donors (Lipinski definition) is 0. The summed E-state index contributed by atoms with van der Waals surface area (Å²) in [7, 11) is 4.24. The average Bonchev–Trinajstić information content (AvgIpc) is 3.20. The molecular formula is C18H20N4O7. The lowest BCUT2D eigenvalue weighted by Crippen LogP contribution is -2.31. The van der Waals surface area contributed by atoms with E-state index in [0.717, 1.165) is 0 Å². The third kappa shape index (κ3) is 4.28. The molecule has 154 valence electrons. The van der Waals surface area contributed by atoms with Gasteiger partial charge in [-0.15, -0.1) is 0 Å². The fourth-order valence-electron chi connectivity index (χ4n) is 3.03. The van der Waals surface area contributed by atoms with E-state index in [-0.39, 0.29) is 41.3 Å². The van der Waals surface area contributed by atoms with Crippen LogP contribution in [0.5, 0.6) is 23.3 Å². The summed E-state index contributed by atoms with van der Waals surface area (Å²) in [6, 6.07) is 2.50. The number of aromatic nitrogens is 2. The minimum absolute atomic E-state index is 0.0746. The van der Waals surface area contributed by atoms with Crippen molar-refractivity contribution in [2.24, 2.45) is 0 Å². The van der Waals surface area contributed by atoms with Gasteiger partial charge in [0.05, 0.1) is 51.3 Å². The molecular weight excluding hydrogens is 384 g/mol. The van der Waals surface area contributed by atoms with Crippen molar-refractivity contribution < 1.29 is 28.7 Å². The molecule has 0 aliphatic carbocycles. The van der Waals surface area contributed by atoms with Gasteiger partial charge in [-0.3, -0.25) is 19.9 Å². The highest BCUT2D eigenvalue weighted by Crippen LogP contribution is 2.35. The van der Waals surface area contributed by atoms with Gasteiger partial charge in [-0.05, 0) is 0 Å². The Balaban J connectivity index is 1.78. The molecule has 1 fully saturated rings. The first-order valence-electron chi connectivity index (χ1n) is 8.69. The van der Waals surface area contributed by atoms with E-state index in [1.807, 2.05) is 0 Å². The van der Waals surface area contributed by atoms with E-state index in [0.29, 0.717) is 18.8 Å². The van der Waals surface area contributed by atoms with Crippen molar-refractivity contribution in [2.45, 2.75) is 12.5 Å². The second-order valence-electron chi connectivity index (χ2n) is 6.16. The number of amides is 1. The number of nitrogens with zero attached hydrogens (tertiary/aromatic N) is 4. The summed E-state index contributed by atoms with van der Waals surface area (Å²) in [5, 5.41) is 11.5. The molecule has 1 aliphatic rings. The van der Waals surface area contributed by atoms with Crippen molar-refractivity contribution in [2.75, 3.05) is 34.4 Å². The van der Waals surface area contributed by atoms with Crippen LogP contribution >= 0.6 is 0 Å². The Hall–Kier alpha value is -3.63. The summed E-state index contributed by atoms with van der Waals surface area (Å²) in [6.07, 6.45) is 3.13. The van der Waals surface area contributed by atoms with Gasteiger partial charge < -0.3 is 23.8 Å². The van der Waals surface area contributed by atoms with E-state index in [4.69, 9.17) is 18.9 Å². The SMILES string of the molecule is COc1cncc(OC2CCN(C(=O)c3cc(OC)c(OC)cc3[N+](=O)[O-])C2)n1. The van der Waals surface area contributed by atoms with Crippen LogP contribution in [-0.2, 0) is 0 Å². The number of carbonyl (C=O) groups is 1. The fraction of sp³-hybridized carbons (Fsp3) is 0.389. The number of benzene rings is 1. The van der Waals surface area contributed by atoms with Crippen LogP contribution in [0, 0.1) is 10.1 Å². The minimum Gasteiger partial charge on any atom is -0.493 e. The molecule has 0 radical (unpaired) electrons. The quantitative estimate of drug-likeness (QED) is 0.500. The second-order valence-corrected chi connectivity index (χ2v) is 6.16. The number of nitro benzene ring substituents is 1. The molecule has 1 aliphatic heterocycles. The number of methoxy groups -OCH3 is 3. The first kappa shape index (κ1) is 20.1. The van der Waals surface area contributed by atoms with Crippen molar-refractivity contribution in [1.82, 2.24) is 14.9 Å². The third-order valence-electron chi connectivity index (χ3n) is 4.45. The van der Waals surface area contributed by atoms with Gasteiger partial charge in [0.25, 0.3) is 11.6 Å². The van der Waals surface area contributed by atoms with Crippen LogP contribution in [-0.4, -0.2) is 66.2 Å². The molecule has 2 aromatic rings. The Labute approximate surface area is 166 Å². The number of ether oxygens (including phenoxy) is 4. The van der Waals surface area contributed by atoms with Gasteiger partial charge in [0, 0.05) is 19.0 Å². The summed E-state index contributed by atoms with van der Waals surface area (Å²) in [5.41, 5.74) is -0.426. The standard InChI is InChI=1S/C18H20N4O7/c1-26-14-6-12(13(22(24)25)7-15(14)27-2)18(23)21-5-4-11(10-21)29-17-9-19-8-16(20-17)28-3/h6-9,11H,4-5,10H2,1-3H3. The van der Waals surface area contributed by atoms with Crippen molar-refractivity contribution in [3.63, 3.8) is 0 Å². The highest BCUT2D eigenvalue weighted by Gasteiger charge is 2.33. The normalized spacial score (nSPS) is 15.7. The van der Waals surface area contributed by atoms with Gasteiger partial charge in [-0.25, -0.2) is 0 Å². The van der Waals surface area contributed by atoms with Crippen LogP contribution in [0.1, 0.15) is 16.8 Å². The Morgan fingerprint density at radius 1 is 1.14 bits per heavy atom. The Bertz CT molecular complexity index is 921. The third-order valence-corrected chi connectivity index (χ3v) is 4.45. The van der Waals surface area contributed by atoms with Crippen molar-refractivity contribution in [3.05, 3.63) is 40.2 Å². The molecule has 11 heteroatoms. The zero-order chi connectivity index (χ0) is 21.0. The van der Waals surface area contributed by atoms with Crippen LogP contribution < -0.4 is 18.9 Å². The molecule has 0 bridgehead atoms. The zero-order valence-electron chi connectivity index (χ0n) is 16.2. The van der Waals surface area contributed by atoms with E-state index >= 15 is 0 Å². The van der Waals surface area contributed by atoms with Crippen LogP contribution in [0.4, 0.5) is 5.69 Å². The summed E-state index contributed by atoms with van der Waals surface area (Å²) in [5.74, 6) is 0.519. The van der Waals surface area contributed by atoms with E-state index in [9.17, 15) is 14.9 Å². The minimum atomic E-state index is -0.620. The summed E-state index contributed by atoms with van der Waals surface area (Å²) >= 11 is 0. The number of carbonyl (C=O) groups excluding carboxylic acids is 1. The highest BCUT2D eigenvalue weighted by atomic mass is 16.6. The van der Waals surface area contributed by atoms with Crippen LogP contribution in [0.15, 0.2) is 24.5 Å². The zero-order valence-corrected chi connectivity index (χ0v) is 16.2. The number of rotatable bonds is 7. The van der Waals surface area contributed by atoms with E-state index < -0.39 is 10.8 Å². The van der Waals surface area contributed by atoms with E-state index in [1.54, 1.807) is 0 Å². The van der Waals surface area contributed by atoms with Crippen LogP contribution in [0.25, 0.3) is 0 Å². The number of nitro groups is 1. The second kappa shape index (κ2) is 8.59. The molecule has 1 unspecified atom stereocenters. The first-order valence-corrected chi connectivity index (χ1v) is 8.69. The topological polar surface area (TPSA) is 126 Å². The van der Waals surface area contributed by atoms with Gasteiger partial charge in [-0.2, -0.15) is 4.98 Å². The maximum Gasteiger partial charge on any atom is 0.286 e. The van der Waals surface area contributed by atoms with Gasteiger partial charge >= 0.3 is 0 Å². The Morgan fingerprint density at radius 2 is 1.83 bits per heavy atom. The molecule has 1 aromatic carbocycles. The molecule has 0 saturated carbocycles. The van der Waals surface area contributed by atoms with Crippen molar-refractivity contribution >= 4 is 11.6 Å². The predicted octanol–water partition coefficient (Wildman–Crippen LogP) is 1.70. The van der Waals surface area contributed by atoms with Gasteiger partial charge in [0.15, 0.2) is 11.5 Å². The molecule has 3 rings (SSSR count). The summed E-state index contributed by atoms with van der Waals surface area (Å²) < 4.78 is 21.0. The number of likely N-dealkylation sites (tertiary alicyclic amines) is 1. The lowest BCUT2D eigenvalue weighted by atomic mass is 10.1. The molecule has 0 spiro atoms. The van der Waals surface area contributed by atoms with Gasteiger partial charge in [0.2, 0.25) is 11.8 Å². The highest BCUT2D eigenvalue weighted by molar-refractivity contribution is 5.99.